The average Bonchev–Trinajstić information content (AvgIpc) is 2.29. The van der Waals surface area contributed by atoms with Crippen molar-refractivity contribution in [2.75, 3.05) is 11.5 Å². The minimum absolute atomic E-state index is 0. The Morgan fingerprint density at radius 1 is 1.24 bits per heavy atom. The number of rotatable bonds is 6. The summed E-state index contributed by atoms with van der Waals surface area (Å²) in [6, 6.07) is 8.31. The number of thioether (sulfide) groups is 1. The van der Waals surface area contributed by atoms with Gasteiger partial charge in [0.25, 0.3) is 0 Å². The lowest BCUT2D eigenvalue weighted by Gasteiger charge is -2.06. The molecule has 0 saturated heterocycles. The van der Waals surface area contributed by atoms with Crippen molar-refractivity contribution in [2.45, 2.75) is 6.04 Å². The number of Topliss-reactive ketones (excluding diaryl/α,β-unsaturated/α-hetero) is 1. The molecule has 94 valence electrons. The quantitative estimate of drug-likeness (QED) is 0.753. The van der Waals surface area contributed by atoms with Gasteiger partial charge in [0.1, 0.15) is 0 Å². The van der Waals surface area contributed by atoms with Crippen LogP contribution in [-0.4, -0.2) is 29.2 Å². The van der Waals surface area contributed by atoms with E-state index in [0.717, 1.165) is 0 Å². The normalized spacial score (nSPS) is 11.4. The van der Waals surface area contributed by atoms with Gasteiger partial charge in [-0.3, -0.25) is 9.59 Å². The summed E-state index contributed by atoms with van der Waals surface area (Å²) >= 11 is 1.32. The van der Waals surface area contributed by atoms with E-state index in [0.29, 0.717) is 17.1 Å². The number of benzene rings is 1. The van der Waals surface area contributed by atoms with Crippen LogP contribution in [0.1, 0.15) is 10.4 Å². The van der Waals surface area contributed by atoms with E-state index in [1.165, 1.54) is 11.8 Å². The van der Waals surface area contributed by atoms with Crippen LogP contribution in [0.3, 0.4) is 0 Å². The maximum Gasteiger partial charge on any atom is 0.235 e. The van der Waals surface area contributed by atoms with Gasteiger partial charge in [-0.15, -0.1) is 12.4 Å². The molecule has 0 fully saturated rings. The number of nitrogens with two attached hydrogens (primary N) is 2. The Balaban J connectivity index is 0.00000256. The van der Waals surface area contributed by atoms with Gasteiger partial charge in [-0.25, -0.2) is 0 Å². The lowest BCUT2D eigenvalue weighted by molar-refractivity contribution is -0.118. The molecule has 4 N–H and O–H groups in total. The fourth-order valence-electron chi connectivity index (χ4n) is 1.07. The molecule has 1 atom stereocenters. The van der Waals surface area contributed by atoms with Gasteiger partial charge in [0.15, 0.2) is 5.78 Å². The lowest BCUT2D eigenvalue weighted by Crippen LogP contribution is -2.38. The standard InChI is InChI=1S/C11H14N2O2S.ClH/c12-9(11(13)15)6-16-7-10(14)8-4-2-1-3-5-8;/h1-5,9H,6-7,12H2,(H2,13,15);1H. The number of ketones is 1. The summed E-state index contributed by atoms with van der Waals surface area (Å²) in [5, 5.41) is 0. The summed E-state index contributed by atoms with van der Waals surface area (Å²) in [7, 11) is 0. The highest BCUT2D eigenvalue weighted by molar-refractivity contribution is 8.00. The lowest BCUT2D eigenvalue weighted by atomic mass is 10.2. The molecule has 4 nitrogen and oxygen atoms in total. The number of carbonyl (C=O) groups is 2. The van der Waals surface area contributed by atoms with Crippen LogP contribution < -0.4 is 11.5 Å². The van der Waals surface area contributed by atoms with Crippen LogP contribution in [0.25, 0.3) is 0 Å². The van der Waals surface area contributed by atoms with Crippen LogP contribution in [0.15, 0.2) is 30.3 Å². The summed E-state index contributed by atoms with van der Waals surface area (Å²) < 4.78 is 0. The second kappa shape index (κ2) is 8.11. The first-order valence-corrected chi connectivity index (χ1v) is 5.97. The molecule has 0 bridgehead atoms. The molecule has 1 aromatic carbocycles. The number of hydrogen-bond acceptors (Lipinski definition) is 4. The number of amides is 1. The highest BCUT2D eigenvalue weighted by Gasteiger charge is 2.11. The van der Waals surface area contributed by atoms with Gasteiger partial charge in [0.2, 0.25) is 5.91 Å². The van der Waals surface area contributed by atoms with Crippen LogP contribution in [0, 0.1) is 0 Å². The summed E-state index contributed by atoms with van der Waals surface area (Å²) in [5.74, 6) is 0.167. The van der Waals surface area contributed by atoms with Crippen molar-refractivity contribution in [1.29, 1.82) is 0 Å². The van der Waals surface area contributed by atoms with E-state index in [1.54, 1.807) is 12.1 Å². The molecule has 1 aromatic rings. The first kappa shape index (κ1) is 16.0. The maximum absolute atomic E-state index is 11.6. The Labute approximate surface area is 111 Å². The predicted molar refractivity (Wildman–Crippen MR) is 72.5 cm³/mol. The van der Waals surface area contributed by atoms with Crippen LogP contribution >= 0.6 is 24.2 Å². The summed E-state index contributed by atoms with van der Waals surface area (Å²) in [4.78, 5) is 22.3. The Morgan fingerprint density at radius 2 is 1.82 bits per heavy atom. The first-order valence-electron chi connectivity index (χ1n) is 4.82. The van der Waals surface area contributed by atoms with Crippen LogP contribution in [0.2, 0.25) is 0 Å². The third-order valence-corrected chi connectivity index (χ3v) is 3.05. The fourth-order valence-corrected chi connectivity index (χ4v) is 1.96. The molecule has 0 aliphatic heterocycles. The summed E-state index contributed by atoms with van der Waals surface area (Å²) in [6.07, 6.45) is 0. The zero-order valence-corrected chi connectivity index (χ0v) is 10.8. The van der Waals surface area contributed by atoms with Gasteiger partial charge in [0, 0.05) is 11.3 Å². The van der Waals surface area contributed by atoms with Crippen LogP contribution in [0.5, 0.6) is 0 Å². The molecule has 1 unspecified atom stereocenters. The number of carbonyl (C=O) groups excluding carboxylic acids is 2. The molecular formula is C11H15ClN2O2S. The van der Waals surface area contributed by atoms with Gasteiger partial charge in [-0.2, -0.15) is 11.8 Å². The largest absolute Gasteiger partial charge is 0.368 e. The van der Waals surface area contributed by atoms with E-state index in [-0.39, 0.29) is 18.2 Å². The number of halogens is 1. The van der Waals surface area contributed by atoms with Gasteiger partial charge in [0.05, 0.1) is 11.8 Å². The minimum atomic E-state index is -0.687. The molecule has 1 rings (SSSR count). The zero-order chi connectivity index (χ0) is 12.0. The van der Waals surface area contributed by atoms with Crippen molar-refractivity contribution in [3.05, 3.63) is 35.9 Å². The van der Waals surface area contributed by atoms with Gasteiger partial charge < -0.3 is 11.5 Å². The highest BCUT2D eigenvalue weighted by Crippen LogP contribution is 2.07. The van der Waals surface area contributed by atoms with Crippen LogP contribution in [-0.2, 0) is 4.79 Å². The van der Waals surface area contributed by atoms with E-state index in [9.17, 15) is 9.59 Å². The van der Waals surface area contributed by atoms with Crippen molar-refractivity contribution in [3.63, 3.8) is 0 Å². The highest BCUT2D eigenvalue weighted by atomic mass is 35.5. The van der Waals surface area contributed by atoms with E-state index < -0.39 is 11.9 Å². The Hall–Kier alpha value is -1.04. The van der Waals surface area contributed by atoms with E-state index >= 15 is 0 Å². The topological polar surface area (TPSA) is 86.2 Å². The van der Waals surface area contributed by atoms with Gasteiger partial charge >= 0.3 is 0 Å². The van der Waals surface area contributed by atoms with Crippen molar-refractivity contribution < 1.29 is 9.59 Å². The molecule has 0 spiro atoms. The third-order valence-electron chi connectivity index (χ3n) is 1.99. The Morgan fingerprint density at radius 3 is 2.35 bits per heavy atom. The SMILES string of the molecule is Cl.NC(=O)C(N)CSCC(=O)c1ccccc1. The molecule has 0 saturated carbocycles. The average molecular weight is 275 g/mol. The molecule has 0 heterocycles. The molecule has 0 aromatic heterocycles. The van der Waals surface area contributed by atoms with Crippen LogP contribution in [0.4, 0.5) is 0 Å². The van der Waals surface area contributed by atoms with Crippen molar-refractivity contribution in [3.8, 4) is 0 Å². The minimum Gasteiger partial charge on any atom is -0.368 e. The molecule has 0 aliphatic carbocycles. The Kier molecular flexibility index (Phi) is 7.61. The molecule has 0 aliphatic rings. The van der Waals surface area contributed by atoms with E-state index in [4.69, 9.17) is 11.5 Å². The number of primary amides is 1. The van der Waals surface area contributed by atoms with Crippen molar-refractivity contribution >= 4 is 35.9 Å². The van der Waals surface area contributed by atoms with E-state index in [1.807, 2.05) is 18.2 Å². The smallest absolute Gasteiger partial charge is 0.235 e. The van der Waals surface area contributed by atoms with Gasteiger partial charge in [-0.1, -0.05) is 30.3 Å². The van der Waals surface area contributed by atoms with Gasteiger partial charge in [-0.05, 0) is 0 Å². The van der Waals surface area contributed by atoms with E-state index in [2.05, 4.69) is 0 Å². The Bertz CT molecular complexity index is 373. The molecule has 1 amide bonds. The summed E-state index contributed by atoms with van der Waals surface area (Å²) in [5.41, 5.74) is 11.1. The second-order valence-electron chi connectivity index (χ2n) is 3.31. The monoisotopic (exact) mass is 274 g/mol. The van der Waals surface area contributed by atoms with Crippen molar-refractivity contribution in [1.82, 2.24) is 0 Å². The maximum atomic E-state index is 11.6. The first-order chi connectivity index (χ1) is 7.61. The predicted octanol–water partition coefficient (Wildman–Crippen LogP) is 0.837. The summed E-state index contributed by atoms with van der Waals surface area (Å²) in [6.45, 7) is 0. The molecule has 0 radical (unpaired) electrons. The van der Waals surface area contributed by atoms with Crippen molar-refractivity contribution in [2.24, 2.45) is 11.5 Å². The fraction of sp³-hybridized carbons (Fsp3) is 0.273. The molecular weight excluding hydrogens is 260 g/mol. The number of hydrogen-bond donors (Lipinski definition) is 2. The molecule has 6 heteroatoms. The second-order valence-corrected chi connectivity index (χ2v) is 4.34. The molecule has 17 heavy (non-hydrogen) atoms. The zero-order valence-electron chi connectivity index (χ0n) is 9.17. The third kappa shape index (κ3) is 5.72.